The standard InChI is InChI=1S/C28H32N4O3/c1-22-29-14-18-31(22)20-24-9-5-10-25(19-24)26(33)30-15-6-12-28(13-17-30)21-32(27(34)35-28)16-11-23-7-3-2-4-8-23/h2-5,7-10,14,18-19H,6,11-13,15-17,20-21H2,1H3. The second kappa shape index (κ2) is 9.94. The molecule has 1 aromatic heterocycles. The first-order chi connectivity index (χ1) is 17.0. The van der Waals surface area contributed by atoms with Crippen molar-refractivity contribution < 1.29 is 14.3 Å². The Labute approximate surface area is 206 Å². The van der Waals surface area contributed by atoms with Gasteiger partial charge in [0.1, 0.15) is 11.4 Å². The van der Waals surface area contributed by atoms with E-state index >= 15 is 0 Å². The number of benzene rings is 2. The van der Waals surface area contributed by atoms with Crippen molar-refractivity contribution in [1.82, 2.24) is 19.4 Å². The zero-order valence-corrected chi connectivity index (χ0v) is 20.2. The number of nitrogens with zero attached hydrogens (tertiary/aromatic N) is 4. The predicted molar refractivity (Wildman–Crippen MR) is 133 cm³/mol. The van der Waals surface area contributed by atoms with Crippen LogP contribution in [0.1, 0.15) is 46.6 Å². The van der Waals surface area contributed by atoms with Gasteiger partial charge in [-0.2, -0.15) is 0 Å². The van der Waals surface area contributed by atoms with Gasteiger partial charge in [0.25, 0.3) is 5.91 Å². The van der Waals surface area contributed by atoms with Gasteiger partial charge in [-0.05, 0) is 49.4 Å². The Kier molecular flexibility index (Phi) is 6.57. The van der Waals surface area contributed by atoms with Crippen molar-refractivity contribution in [1.29, 1.82) is 0 Å². The third kappa shape index (κ3) is 5.24. The number of carbonyl (C=O) groups is 2. The molecule has 2 aliphatic rings. The highest BCUT2D eigenvalue weighted by molar-refractivity contribution is 5.94. The molecule has 35 heavy (non-hydrogen) atoms. The number of likely N-dealkylation sites (tertiary alicyclic amines) is 1. The summed E-state index contributed by atoms with van der Waals surface area (Å²) in [5, 5.41) is 0. The highest BCUT2D eigenvalue weighted by Gasteiger charge is 2.45. The summed E-state index contributed by atoms with van der Waals surface area (Å²) in [6, 6.07) is 18.0. The zero-order chi connectivity index (χ0) is 24.3. The molecule has 1 atom stereocenters. The number of carbonyl (C=O) groups excluding carboxylic acids is 2. The van der Waals surface area contributed by atoms with Crippen LogP contribution in [0.25, 0.3) is 0 Å². The van der Waals surface area contributed by atoms with Crippen LogP contribution in [0.4, 0.5) is 4.79 Å². The molecule has 182 valence electrons. The van der Waals surface area contributed by atoms with Gasteiger partial charge in [0, 0.05) is 50.6 Å². The minimum Gasteiger partial charge on any atom is -0.441 e. The molecule has 2 amide bonds. The normalized spacial score (nSPS) is 20.2. The minimum absolute atomic E-state index is 0.0384. The predicted octanol–water partition coefficient (Wildman–Crippen LogP) is 4.30. The fraction of sp³-hybridized carbons (Fsp3) is 0.393. The maximum atomic E-state index is 13.4. The van der Waals surface area contributed by atoms with Gasteiger partial charge in [0.05, 0.1) is 6.54 Å². The maximum absolute atomic E-state index is 13.4. The molecule has 7 heteroatoms. The topological polar surface area (TPSA) is 67.7 Å². The van der Waals surface area contributed by atoms with E-state index in [0.717, 1.165) is 30.7 Å². The molecule has 0 bridgehead atoms. The van der Waals surface area contributed by atoms with Crippen LogP contribution >= 0.6 is 0 Å². The fourth-order valence-electron chi connectivity index (χ4n) is 5.16. The van der Waals surface area contributed by atoms with E-state index in [-0.39, 0.29) is 12.0 Å². The van der Waals surface area contributed by atoms with E-state index in [0.29, 0.717) is 44.7 Å². The average Bonchev–Trinajstić information content (AvgIpc) is 3.34. The Morgan fingerprint density at radius 3 is 2.69 bits per heavy atom. The van der Waals surface area contributed by atoms with E-state index in [9.17, 15) is 9.59 Å². The molecule has 1 spiro atoms. The lowest BCUT2D eigenvalue weighted by Gasteiger charge is -2.25. The van der Waals surface area contributed by atoms with E-state index in [1.165, 1.54) is 5.56 Å². The molecule has 0 saturated carbocycles. The molecular formula is C28H32N4O3. The molecule has 2 aromatic carbocycles. The Morgan fingerprint density at radius 1 is 1.06 bits per heavy atom. The number of imidazole rings is 1. The molecule has 3 heterocycles. The summed E-state index contributed by atoms with van der Waals surface area (Å²) in [5.41, 5.74) is 2.49. The number of rotatable bonds is 6. The first-order valence-electron chi connectivity index (χ1n) is 12.4. The van der Waals surface area contributed by atoms with Crippen molar-refractivity contribution >= 4 is 12.0 Å². The van der Waals surface area contributed by atoms with Crippen molar-refractivity contribution in [3.8, 4) is 0 Å². The molecule has 0 aliphatic carbocycles. The van der Waals surface area contributed by atoms with Crippen LogP contribution in [0.3, 0.4) is 0 Å². The van der Waals surface area contributed by atoms with Crippen molar-refractivity contribution in [3.63, 3.8) is 0 Å². The van der Waals surface area contributed by atoms with Gasteiger partial charge < -0.3 is 19.1 Å². The molecule has 0 N–H and O–H groups in total. The van der Waals surface area contributed by atoms with Crippen molar-refractivity contribution in [2.75, 3.05) is 26.2 Å². The molecule has 1 unspecified atom stereocenters. The third-order valence-corrected chi connectivity index (χ3v) is 7.19. The van der Waals surface area contributed by atoms with Gasteiger partial charge in [-0.1, -0.05) is 42.5 Å². The summed E-state index contributed by atoms with van der Waals surface area (Å²) >= 11 is 0. The summed E-state index contributed by atoms with van der Waals surface area (Å²) in [6.45, 7) is 5.17. The monoisotopic (exact) mass is 472 g/mol. The Balaban J connectivity index is 1.20. The average molecular weight is 473 g/mol. The zero-order valence-electron chi connectivity index (χ0n) is 20.2. The van der Waals surface area contributed by atoms with E-state index in [1.807, 2.05) is 65.4 Å². The van der Waals surface area contributed by atoms with Crippen molar-refractivity contribution in [2.45, 2.75) is 44.8 Å². The van der Waals surface area contributed by atoms with Crippen molar-refractivity contribution in [3.05, 3.63) is 89.5 Å². The number of ether oxygens (including phenoxy) is 1. The van der Waals surface area contributed by atoms with Crippen LogP contribution in [0, 0.1) is 6.92 Å². The number of aromatic nitrogens is 2. The Hall–Kier alpha value is -3.61. The molecular weight excluding hydrogens is 440 g/mol. The Bertz CT molecular complexity index is 1190. The van der Waals surface area contributed by atoms with E-state index in [4.69, 9.17) is 4.74 Å². The lowest BCUT2D eigenvalue weighted by molar-refractivity contribution is 0.0438. The lowest BCUT2D eigenvalue weighted by Crippen LogP contribution is -2.37. The summed E-state index contributed by atoms with van der Waals surface area (Å²) in [7, 11) is 0. The number of hydrogen-bond acceptors (Lipinski definition) is 4. The lowest BCUT2D eigenvalue weighted by atomic mass is 9.95. The number of hydrogen-bond donors (Lipinski definition) is 0. The van der Waals surface area contributed by atoms with Gasteiger partial charge in [-0.25, -0.2) is 9.78 Å². The van der Waals surface area contributed by atoms with Gasteiger partial charge in [0.2, 0.25) is 0 Å². The highest BCUT2D eigenvalue weighted by Crippen LogP contribution is 2.33. The third-order valence-electron chi connectivity index (χ3n) is 7.19. The second-order valence-electron chi connectivity index (χ2n) is 9.66. The maximum Gasteiger partial charge on any atom is 0.410 e. The fourth-order valence-corrected chi connectivity index (χ4v) is 5.16. The summed E-state index contributed by atoms with van der Waals surface area (Å²) in [5.74, 6) is 0.986. The Morgan fingerprint density at radius 2 is 1.89 bits per heavy atom. The van der Waals surface area contributed by atoms with Crippen LogP contribution in [-0.2, 0) is 17.7 Å². The number of amides is 2. The molecule has 7 nitrogen and oxygen atoms in total. The van der Waals surface area contributed by atoms with E-state index in [2.05, 4.69) is 21.7 Å². The van der Waals surface area contributed by atoms with Crippen LogP contribution < -0.4 is 0 Å². The SMILES string of the molecule is Cc1nccn1Cc1cccc(C(=O)N2CCCC3(CC2)CN(CCc2ccccc2)C(=O)O3)c1. The van der Waals surface area contributed by atoms with Crippen molar-refractivity contribution in [2.24, 2.45) is 0 Å². The van der Waals surface area contributed by atoms with Gasteiger partial charge in [-0.15, -0.1) is 0 Å². The van der Waals surface area contributed by atoms with Crippen LogP contribution in [0.15, 0.2) is 67.0 Å². The quantitative estimate of drug-likeness (QED) is 0.537. The molecule has 0 radical (unpaired) electrons. The number of aryl methyl sites for hydroxylation is 1. The van der Waals surface area contributed by atoms with Crippen LogP contribution in [0.5, 0.6) is 0 Å². The van der Waals surface area contributed by atoms with Gasteiger partial charge in [-0.3, -0.25) is 4.79 Å². The second-order valence-corrected chi connectivity index (χ2v) is 9.66. The van der Waals surface area contributed by atoms with Gasteiger partial charge >= 0.3 is 6.09 Å². The minimum atomic E-state index is -0.496. The molecule has 3 aromatic rings. The summed E-state index contributed by atoms with van der Waals surface area (Å²) < 4.78 is 8.00. The first kappa shape index (κ1) is 23.1. The van der Waals surface area contributed by atoms with E-state index in [1.54, 1.807) is 6.20 Å². The molecule has 2 fully saturated rings. The van der Waals surface area contributed by atoms with Crippen LogP contribution in [0.2, 0.25) is 0 Å². The first-order valence-corrected chi connectivity index (χ1v) is 12.4. The molecule has 5 rings (SSSR count). The highest BCUT2D eigenvalue weighted by atomic mass is 16.6. The largest absolute Gasteiger partial charge is 0.441 e. The smallest absolute Gasteiger partial charge is 0.410 e. The summed E-state index contributed by atoms with van der Waals surface area (Å²) in [6.07, 6.45) is 6.58. The molecule has 2 saturated heterocycles. The van der Waals surface area contributed by atoms with Gasteiger partial charge in [0.15, 0.2) is 0 Å². The van der Waals surface area contributed by atoms with Crippen LogP contribution in [-0.4, -0.2) is 63.1 Å². The summed E-state index contributed by atoms with van der Waals surface area (Å²) in [4.78, 5) is 34.0. The molecule has 2 aliphatic heterocycles. The van der Waals surface area contributed by atoms with E-state index < -0.39 is 5.60 Å².